The lowest BCUT2D eigenvalue weighted by Gasteiger charge is -2.08. The quantitative estimate of drug-likeness (QED) is 0.716. The monoisotopic (exact) mass is 231 g/mol. The van der Waals surface area contributed by atoms with Crippen LogP contribution in [0.1, 0.15) is 18.9 Å². The zero-order valence-corrected chi connectivity index (χ0v) is 10.0. The summed E-state index contributed by atoms with van der Waals surface area (Å²) >= 11 is 5.79. The minimum atomic E-state index is 0.539. The molecule has 0 aliphatic heterocycles. The Bertz CT molecular complexity index is 462. The van der Waals surface area contributed by atoms with E-state index >= 15 is 0 Å². The maximum absolute atomic E-state index is 5.79. The van der Waals surface area contributed by atoms with Crippen LogP contribution < -0.4 is 0 Å². The molecule has 0 spiro atoms. The number of halogens is 1. The number of hydrogen-bond acceptors (Lipinski definition) is 1. The molecule has 2 aromatic rings. The Labute approximate surface area is 101 Å². The van der Waals surface area contributed by atoms with Crippen molar-refractivity contribution < 1.29 is 0 Å². The van der Waals surface area contributed by atoms with Crippen LogP contribution in [-0.2, 0) is 6.42 Å². The summed E-state index contributed by atoms with van der Waals surface area (Å²) in [6, 6.07) is 12.3. The second-order valence-corrected chi connectivity index (χ2v) is 4.16. The van der Waals surface area contributed by atoms with E-state index in [0.29, 0.717) is 5.15 Å². The molecule has 0 saturated carbocycles. The number of aryl methyl sites for hydroxylation is 1. The van der Waals surface area contributed by atoms with Crippen molar-refractivity contribution in [2.75, 3.05) is 0 Å². The molecule has 1 aromatic carbocycles. The molecule has 16 heavy (non-hydrogen) atoms. The fourth-order valence-electron chi connectivity index (χ4n) is 1.82. The van der Waals surface area contributed by atoms with Crippen molar-refractivity contribution >= 4 is 11.6 Å². The molecule has 0 saturated heterocycles. The molecule has 1 aromatic heterocycles. The highest BCUT2D eigenvalue weighted by molar-refractivity contribution is 6.29. The highest BCUT2D eigenvalue weighted by atomic mass is 35.5. The van der Waals surface area contributed by atoms with Gasteiger partial charge < -0.3 is 0 Å². The van der Waals surface area contributed by atoms with Gasteiger partial charge >= 0.3 is 0 Å². The van der Waals surface area contributed by atoms with Crippen molar-refractivity contribution in [2.24, 2.45) is 0 Å². The maximum atomic E-state index is 5.79. The van der Waals surface area contributed by atoms with E-state index in [1.807, 2.05) is 18.3 Å². The van der Waals surface area contributed by atoms with Gasteiger partial charge in [0.15, 0.2) is 0 Å². The van der Waals surface area contributed by atoms with Crippen LogP contribution in [0.15, 0.2) is 42.6 Å². The Balaban J connectivity index is 2.42. The Morgan fingerprint density at radius 2 is 1.94 bits per heavy atom. The maximum Gasteiger partial charge on any atom is 0.129 e. The van der Waals surface area contributed by atoms with E-state index in [4.69, 9.17) is 11.6 Å². The predicted molar refractivity (Wildman–Crippen MR) is 68.7 cm³/mol. The van der Waals surface area contributed by atoms with E-state index in [-0.39, 0.29) is 0 Å². The summed E-state index contributed by atoms with van der Waals surface area (Å²) < 4.78 is 0. The summed E-state index contributed by atoms with van der Waals surface area (Å²) in [7, 11) is 0. The van der Waals surface area contributed by atoms with Gasteiger partial charge in [0.2, 0.25) is 0 Å². The molecule has 0 radical (unpaired) electrons. The molecule has 0 atom stereocenters. The number of hydrogen-bond donors (Lipinski definition) is 0. The highest BCUT2D eigenvalue weighted by Crippen LogP contribution is 2.24. The first-order valence-electron chi connectivity index (χ1n) is 5.51. The van der Waals surface area contributed by atoms with Gasteiger partial charge in [-0.05, 0) is 29.7 Å². The summed E-state index contributed by atoms with van der Waals surface area (Å²) in [6.45, 7) is 2.19. The Morgan fingerprint density at radius 3 is 2.62 bits per heavy atom. The fourth-order valence-corrected chi connectivity index (χ4v) is 1.94. The minimum absolute atomic E-state index is 0.539. The molecular formula is C14H14ClN. The van der Waals surface area contributed by atoms with Crippen LogP contribution in [0.5, 0.6) is 0 Å². The molecule has 0 aliphatic rings. The van der Waals surface area contributed by atoms with Gasteiger partial charge in [0, 0.05) is 11.8 Å². The van der Waals surface area contributed by atoms with Crippen LogP contribution in [0.2, 0.25) is 5.15 Å². The average Bonchev–Trinajstić information content (AvgIpc) is 2.32. The predicted octanol–water partition coefficient (Wildman–Crippen LogP) is 4.35. The van der Waals surface area contributed by atoms with Crippen molar-refractivity contribution in [3.63, 3.8) is 0 Å². The zero-order valence-electron chi connectivity index (χ0n) is 9.28. The average molecular weight is 232 g/mol. The molecule has 0 N–H and O–H groups in total. The van der Waals surface area contributed by atoms with Gasteiger partial charge in [-0.25, -0.2) is 4.98 Å². The van der Waals surface area contributed by atoms with Gasteiger partial charge in [-0.1, -0.05) is 49.2 Å². The molecular weight excluding hydrogens is 218 g/mol. The van der Waals surface area contributed by atoms with Crippen molar-refractivity contribution in [1.29, 1.82) is 0 Å². The fraction of sp³-hybridized carbons (Fsp3) is 0.214. The smallest absolute Gasteiger partial charge is 0.129 e. The molecule has 0 unspecified atom stereocenters. The molecule has 0 fully saturated rings. The second kappa shape index (κ2) is 5.13. The van der Waals surface area contributed by atoms with E-state index in [0.717, 1.165) is 18.4 Å². The van der Waals surface area contributed by atoms with Gasteiger partial charge in [-0.3, -0.25) is 0 Å². The number of pyridine rings is 1. The van der Waals surface area contributed by atoms with Gasteiger partial charge in [0.05, 0.1) is 0 Å². The summed E-state index contributed by atoms with van der Waals surface area (Å²) in [6.07, 6.45) is 4.08. The SMILES string of the molecule is CCCc1ccccc1-c1ccc(Cl)nc1. The number of rotatable bonds is 3. The summed E-state index contributed by atoms with van der Waals surface area (Å²) in [4.78, 5) is 4.12. The first-order valence-corrected chi connectivity index (χ1v) is 5.89. The summed E-state index contributed by atoms with van der Waals surface area (Å²) in [5.74, 6) is 0. The van der Waals surface area contributed by atoms with Crippen LogP contribution in [-0.4, -0.2) is 4.98 Å². The molecule has 82 valence electrons. The van der Waals surface area contributed by atoms with Gasteiger partial charge in [-0.15, -0.1) is 0 Å². The molecule has 0 aliphatic carbocycles. The molecule has 2 rings (SSSR count). The Morgan fingerprint density at radius 1 is 1.12 bits per heavy atom. The molecule has 1 heterocycles. The second-order valence-electron chi connectivity index (χ2n) is 3.78. The Kier molecular flexibility index (Phi) is 3.58. The van der Waals surface area contributed by atoms with E-state index in [1.165, 1.54) is 11.1 Å². The van der Waals surface area contributed by atoms with Crippen molar-refractivity contribution in [3.05, 3.63) is 53.3 Å². The summed E-state index contributed by atoms with van der Waals surface area (Å²) in [5.41, 5.74) is 3.76. The number of nitrogens with zero attached hydrogens (tertiary/aromatic N) is 1. The third-order valence-corrected chi connectivity index (χ3v) is 2.80. The first kappa shape index (κ1) is 11.2. The molecule has 1 nitrogen and oxygen atoms in total. The number of aromatic nitrogens is 1. The lowest BCUT2D eigenvalue weighted by Crippen LogP contribution is -1.89. The Hall–Kier alpha value is -1.34. The van der Waals surface area contributed by atoms with Crippen molar-refractivity contribution in [3.8, 4) is 11.1 Å². The molecule has 2 heteroatoms. The third-order valence-electron chi connectivity index (χ3n) is 2.58. The van der Waals surface area contributed by atoms with E-state index in [9.17, 15) is 0 Å². The lowest BCUT2D eigenvalue weighted by molar-refractivity contribution is 0.923. The van der Waals surface area contributed by atoms with E-state index in [2.05, 4.69) is 36.2 Å². The van der Waals surface area contributed by atoms with Crippen LogP contribution in [0.25, 0.3) is 11.1 Å². The highest BCUT2D eigenvalue weighted by Gasteiger charge is 2.03. The number of benzene rings is 1. The van der Waals surface area contributed by atoms with E-state index in [1.54, 1.807) is 0 Å². The van der Waals surface area contributed by atoms with Crippen LogP contribution in [0, 0.1) is 0 Å². The standard InChI is InChI=1S/C14H14ClN/c1-2-5-11-6-3-4-7-13(11)12-8-9-14(15)16-10-12/h3-4,6-10H,2,5H2,1H3. The molecule has 0 amide bonds. The van der Waals surface area contributed by atoms with Crippen molar-refractivity contribution in [2.45, 2.75) is 19.8 Å². The lowest BCUT2D eigenvalue weighted by atomic mass is 9.98. The van der Waals surface area contributed by atoms with E-state index < -0.39 is 0 Å². The third kappa shape index (κ3) is 2.42. The topological polar surface area (TPSA) is 12.9 Å². The normalized spacial score (nSPS) is 10.4. The minimum Gasteiger partial charge on any atom is -0.244 e. The van der Waals surface area contributed by atoms with Gasteiger partial charge in [0.25, 0.3) is 0 Å². The van der Waals surface area contributed by atoms with Crippen LogP contribution in [0.3, 0.4) is 0 Å². The summed E-state index contributed by atoms with van der Waals surface area (Å²) in [5, 5.41) is 0.539. The zero-order chi connectivity index (χ0) is 11.4. The van der Waals surface area contributed by atoms with Gasteiger partial charge in [-0.2, -0.15) is 0 Å². The van der Waals surface area contributed by atoms with Gasteiger partial charge in [0.1, 0.15) is 5.15 Å². The van der Waals surface area contributed by atoms with Crippen molar-refractivity contribution in [1.82, 2.24) is 4.98 Å². The van der Waals surface area contributed by atoms with Crippen LogP contribution >= 0.6 is 11.6 Å². The molecule has 0 bridgehead atoms. The largest absolute Gasteiger partial charge is 0.244 e. The first-order chi connectivity index (χ1) is 7.81. The van der Waals surface area contributed by atoms with Crippen LogP contribution in [0.4, 0.5) is 0 Å².